The van der Waals surface area contributed by atoms with E-state index >= 15 is 0 Å². The lowest BCUT2D eigenvalue weighted by atomic mass is 9.73. The molecule has 0 fully saturated rings. The van der Waals surface area contributed by atoms with Crippen LogP contribution in [0, 0.1) is 6.92 Å². The van der Waals surface area contributed by atoms with E-state index < -0.39 is 17.2 Å². The second kappa shape index (κ2) is 5.41. The average Bonchev–Trinajstić information content (AvgIpc) is 3.01. The van der Waals surface area contributed by atoms with E-state index in [1.807, 2.05) is 37.3 Å². The van der Waals surface area contributed by atoms with Gasteiger partial charge in [-0.05, 0) is 29.7 Å². The molecular weight excluding hydrogens is 301 g/mol. The average molecular weight is 317 g/mol. The van der Waals surface area contributed by atoms with Gasteiger partial charge in [0.2, 0.25) is 0 Å². The summed E-state index contributed by atoms with van der Waals surface area (Å²) in [6.45, 7) is 5.88. The molecule has 3 aromatic rings. The zero-order valence-electron chi connectivity index (χ0n) is 12.6. The van der Waals surface area contributed by atoms with Crippen LogP contribution >= 0.6 is 0 Å². The van der Waals surface area contributed by atoms with Gasteiger partial charge in [-0.15, -0.1) is 0 Å². The summed E-state index contributed by atoms with van der Waals surface area (Å²) in [4.78, 5) is 0. The van der Waals surface area contributed by atoms with Crippen molar-refractivity contribution in [2.45, 2.75) is 24.9 Å². The fraction of sp³-hybridized carbons (Fsp3) is 0.222. The highest BCUT2D eigenvalue weighted by Gasteiger charge is 2.36. The van der Waals surface area contributed by atoms with Gasteiger partial charge in [-0.3, -0.25) is 5.10 Å². The molecule has 0 saturated carbocycles. The first-order valence-corrected chi connectivity index (χ1v) is 7.26. The number of alkyl halides is 3. The molecule has 3 rings (SSSR count). The first-order valence-electron chi connectivity index (χ1n) is 7.26. The summed E-state index contributed by atoms with van der Waals surface area (Å²) < 4.78 is 40.2. The molecule has 119 valence electrons. The molecule has 1 N–H and O–H groups in total. The number of H-pyrrole nitrogens is 1. The van der Waals surface area contributed by atoms with E-state index in [2.05, 4.69) is 17.1 Å². The van der Waals surface area contributed by atoms with Crippen molar-refractivity contribution >= 4 is 10.9 Å². The lowest BCUT2D eigenvalue weighted by Crippen LogP contribution is -2.23. The van der Waals surface area contributed by atoms with Crippen molar-refractivity contribution in [2.24, 2.45) is 0 Å². The number of nitrogens with zero attached hydrogens (tertiary/aromatic N) is 1. The van der Waals surface area contributed by atoms with Gasteiger partial charge in [0.25, 0.3) is 0 Å². The largest absolute Gasteiger partial charge is 0.418 e. The Morgan fingerprint density at radius 1 is 1.09 bits per heavy atom. The minimum atomic E-state index is -4.44. The molecule has 0 aliphatic rings. The highest BCUT2D eigenvalue weighted by atomic mass is 19.4. The van der Waals surface area contributed by atoms with Gasteiger partial charge in [-0.2, -0.15) is 18.3 Å². The van der Waals surface area contributed by atoms with Crippen LogP contribution in [0.25, 0.3) is 10.9 Å². The Labute approximate surface area is 132 Å². The van der Waals surface area contributed by atoms with Gasteiger partial charge in [0.1, 0.15) is 0 Å². The van der Waals surface area contributed by atoms with Crippen molar-refractivity contribution in [3.8, 4) is 0 Å². The van der Waals surface area contributed by atoms with Crippen LogP contribution in [0.1, 0.15) is 30.0 Å². The van der Waals surface area contributed by atoms with Crippen LogP contribution in [-0.2, 0) is 11.6 Å². The lowest BCUT2D eigenvalue weighted by molar-refractivity contribution is -0.136. The Morgan fingerprint density at radius 2 is 1.78 bits per heavy atom. The standard InChI is InChI=1S/C18H16F3N2/c1-3-17(2,13-7-5-4-6-8-13)14-9-12-11-22-23-16(12)15(10-14)18(19,20)21/h4-11H,1,3H2,2H3,(H,22,23). The van der Waals surface area contributed by atoms with Crippen LogP contribution in [0.3, 0.4) is 0 Å². The molecule has 0 spiro atoms. The zero-order chi connectivity index (χ0) is 16.7. The molecule has 23 heavy (non-hydrogen) atoms. The third-order valence-electron chi connectivity index (χ3n) is 4.40. The summed E-state index contributed by atoms with van der Waals surface area (Å²) in [7, 11) is 0. The Hall–Kier alpha value is -2.30. The molecule has 5 heteroatoms. The molecule has 1 unspecified atom stereocenters. The number of hydrogen-bond acceptors (Lipinski definition) is 1. The van der Waals surface area contributed by atoms with Gasteiger partial charge >= 0.3 is 6.18 Å². The second-order valence-corrected chi connectivity index (χ2v) is 5.80. The van der Waals surface area contributed by atoms with Gasteiger partial charge in [0.05, 0.1) is 17.3 Å². The summed E-state index contributed by atoms with van der Waals surface area (Å²) in [5.41, 5.74) is 0.233. The number of aromatic nitrogens is 2. The minimum Gasteiger partial charge on any atom is -0.277 e. The third-order valence-corrected chi connectivity index (χ3v) is 4.40. The van der Waals surface area contributed by atoms with Gasteiger partial charge in [0.15, 0.2) is 0 Å². The molecule has 1 atom stereocenters. The highest BCUT2D eigenvalue weighted by molar-refractivity contribution is 5.83. The first-order chi connectivity index (χ1) is 10.9. The van der Waals surface area contributed by atoms with Crippen molar-refractivity contribution in [1.82, 2.24) is 10.2 Å². The van der Waals surface area contributed by atoms with Crippen molar-refractivity contribution in [2.75, 3.05) is 0 Å². The number of fused-ring (bicyclic) bond motifs is 1. The van der Waals surface area contributed by atoms with Crippen molar-refractivity contribution in [3.63, 3.8) is 0 Å². The van der Waals surface area contributed by atoms with E-state index in [4.69, 9.17) is 0 Å². The molecule has 0 saturated heterocycles. The molecule has 2 nitrogen and oxygen atoms in total. The van der Waals surface area contributed by atoms with Crippen molar-refractivity contribution in [1.29, 1.82) is 0 Å². The summed E-state index contributed by atoms with van der Waals surface area (Å²) >= 11 is 0. The highest BCUT2D eigenvalue weighted by Crippen LogP contribution is 2.41. The fourth-order valence-electron chi connectivity index (χ4n) is 2.86. The molecule has 1 radical (unpaired) electrons. The first kappa shape index (κ1) is 15.6. The van der Waals surface area contributed by atoms with Crippen LogP contribution in [0.4, 0.5) is 13.2 Å². The van der Waals surface area contributed by atoms with Gasteiger partial charge < -0.3 is 0 Å². The molecular formula is C18H16F3N2. The molecule has 0 amide bonds. The van der Waals surface area contributed by atoms with Crippen LogP contribution < -0.4 is 0 Å². The smallest absolute Gasteiger partial charge is 0.277 e. The van der Waals surface area contributed by atoms with E-state index in [0.29, 0.717) is 17.4 Å². The van der Waals surface area contributed by atoms with Crippen molar-refractivity contribution in [3.05, 3.63) is 72.3 Å². The summed E-state index contributed by atoms with van der Waals surface area (Å²) in [5, 5.41) is 6.65. The predicted molar refractivity (Wildman–Crippen MR) is 84.0 cm³/mol. The maximum atomic E-state index is 13.4. The number of halogens is 3. The van der Waals surface area contributed by atoms with Crippen molar-refractivity contribution < 1.29 is 13.2 Å². The SMILES string of the molecule is [CH2]CC(C)(c1ccccc1)c1cc(C(F)(F)F)c2[nH]ncc2c1. The lowest BCUT2D eigenvalue weighted by Gasteiger charge is -2.30. The third kappa shape index (κ3) is 2.60. The zero-order valence-corrected chi connectivity index (χ0v) is 12.6. The van der Waals surface area contributed by atoms with Crippen LogP contribution in [-0.4, -0.2) is 10.2 Å². The molecule has 0 aliphatic carbocycles. The molecule has 1 heterocycles. The number of nitrogens with one attached hydrogen (secondary N) is 1. The minimum absolute atomic E-state index is 0.0146. The van der Waals surface area contributed by atoms with Crippen LogP contribution in [0.5, 0.6) is 0 Å². The van der Waals surface area contributed by atoms with E-state index in [1.54, 1.807) is 6.07 Å². The number of aromatic amines is 1. The van der Waals surface area contributed by atoms with E-state index in [1.165, 1.54) is 12.3 Å². The van der Waals surface area contributed by atoms with Crippen LogP contribution in [0.2, 0.25) is 0 Å². The monoisotopic (exact) mass is 317 g/mol. The molecule has 0 bridgehead atoms. The molecule has 0 aliphatic heterocycles. The Kier molecular flexibility index (Phi) is 3.66. The second-order valence-electron chi connectivity index (χ2n) is 5.80. The Balaban J connectivity index is 2.26. The quantitative estimate of drug-likeness (QED) is 0.714. The molecule has 2 aromatic carbocycles. The normalized spacial score (nSPS) is 14.8. The molecule has 1 aromatic heterocycles. The fourth-order valence-corrected chi connectivity index (χ4v) is 2.86. The predicted octanol–water partition coefficient (Wildman–Crippen LogP) is 5.11. The van der Waals surface area contributed by atoms with Gasteiger partial charge in [0, 0.05) is 10.8 Å². The van der Waals surface area contributed by atoms with E-state index in [0.717, 1.165) is 5.56 Å². The Morgan fingerprint density at radius 3 is 2.39 bits per heavy atom. The summed E-state index contributed by atoms with van der Waals surface area (Å²) in [6.07, 6.45) is -2.58. The van der Waals surface area contributed by atoms with Gasteiger partial charge in [-0.1, -0.05) is 44.2 Å². The number of hydrogen-bond donors (Lipinski definition) is 1. The number of benzene rings is 2. The number of rotatable bonds is 3. The topological polar surface area (TPSA) is 28.7 Å². The van der Waals surface area contributed by atoms with E-state index in [-0.39, 0.29) is 5.52 Å². The Bertz CT molecular complexity index is 821. The maximum Gasteiger partial charge on any atom is 0.418 e. The van der Waals surface area contributed by atoms with Crippen LogP contribution in [0.15, 0.2) is 48.7 Å². The van der Waals surface area contributed by atoms with Gasteiger partial charge in [-0.25, -0.2) is 0 Å². The summed E-state index contributed by atoms with van der Waals surface area (Å²) in [6, 6.07) is 12.4. The maximum absolute atomic E-state index is 13.4. The summed E-state index contributed by atoms with van der Waals surface area (Å²) in [5.74, 6) is 0. The van der Waals surface area contributed by atoms with E-state index in [9.17, 15) is 13.2 Å².